The van der Waals surface area contributed by atoms with Crippen LogP contribution in [0.25, 0.3) is 22.0 Å². The zero-order chi connectivity index (χ0) is 25.2. The van der Waals surface area contributed by atoms with Gasteiger partial charge in [0.1, 0.15) is 12.4 Å². The number of halogens is 1. The number of pyridine rings is 1. The fourth-order valence-electron chi connectivity index (χ4n) is 5.01. The van der Waals surface area contributed by atoms with Crippen LogP contribution in [0.3, 0.4) is 0 Å². The summed E-state index contributed by atoms with van der Waals surface area (Å²) in [7, 11) is 0. The van der Waals surface area contributed by atoms with Crippen LogP contribution in [0, 0.1) is 5.82 Å². The number of carbonyl (C=O) groups is 1. The van der Waals surface area contributed by atoms with Crippen LogP contribution in [0.2, 0.25) is 0 Å². The summed E-state index contributed by atoms with van der Waals surface area (Å²) in [6.07, 6.45) is 8.98. The Labute approximate surface area is 214 Å². The van der Waals surface area contributed by atoms with Crippen LogP contribution in [0.4, 0.5) is 16.0 Å². The first-order chi connectivity index (χ1) is 18.2. The molecular weight excluding hydrogens is 473 g/mol. The van der Waals surface area contributed by atoms with Gasteiger partial charge >= 0.3 is 0 Å². The maximum absolute atomic E-state index is 14.3. The van der Waals surface area contributed by atoms with Crippen molar-refractivity contribution in [2.24, 2.45) is 0 Å². The molecule has 1 amide bonds. The van der Waals surface area contributed by atoms with Gasteiger partial charge in [0.15, 0.2) is 0 Å². The molecule has 37 heavy (non-hydrogen) atoms. The van der Waals surface area contributed by atoms with Gasteiger partial charge in [-0.15, -0.1) is 0 Å². The largest absolute Gasteiger partial charge is 0.378 e. The number of hydrogen-bond acceptors (Lipinski definition) is 7. The van der Waals surface area contributed by atoms with E-state index in [1.807, 2.05) is 27.8 Å². The standard InChI is InChI=1S/C27H28FN7O2/c28-22-1-2-24(23(15-22)21-16-30-27(31-17-21)34-11-13-37-14-12-34)32-7-9-33(10-8-32)26(36)19-35-6-4-20-3-5-29-18-25(20)35/h1-6,15-18H,7-14,19H2. The Balaban J connectivity index is 1.15. The average Bonchev–Trinajstić information content (AvgIpc) is 3.36. The molecule has 0 unspecified atom stereocenters. The Morgan fingerprint density at radius 2 is 1.70 bits per heavy atom. The number of carbonyl (C=O) groups excluding carboxylic acids is 1. The summed E-state index contributed by atoms with van der Waals surface area (Å²) in [4.78, 5) is 32.5. The van der Waals surface area contributed by atoms with Gasteiger partial charge in [0, 0.05) is 86.3 Å². The van der Waals surface area contributed by atoms with Crippen molar-refractivity contribution in [3.8, 4) is 11.1 Å². The molecule has 0 saturated carbocycles. The van der Waals surface area contributed by atoms with E-state index in [0.29, 0.717) is 45.3 Å². The van der Waals surface area contributed by atoms with E-state index in [1.54, 1.807) is 30.9 Å². The summed E-state index contributed by atoms with van der Waals surface area (Å²) in [6, 6.07) is 8.75. The molecule has 0 atom stereocenters. The predicted octanol–water partition coefficient (Wildman–Crippen LogP) is 2.82. The number of benzene rings is 1. The molecule has 1 aromatic carbocycles. The summed E-state index contributed by atoms with van der Waals surface area (Å²) in [6.45, 7) is 5.62. The van der Waals surface area contributed by atoms with Gasteiger partial charge in [0.05, 0.1) is 24.9 Å². The molecule has 0 radical (unpaired) electrons. The molecule has 6 rings (SSSR count). The number of nitrogens with zero attached hydrogens (tertiary/aromatic N) is 7. The van der Waals surface area contributed by atoms with Crippen molar-refractivity contribution >= 4 is 28.4 Å². The van der Waals surface area contributed by atoms with E-state index in [-0.39, 0.29) is 18.3 Å². The van der Waals surface area contributed by atoms with Crippen LogP contribution < -0.4 is 9.80 Å². The maximum Gasteiger partial charge on any atom is 0.242 e. The molecule has 4 aromatic rings. The van der Waals surface area contributed by atoms with Gasteiger partial charge in [-0.3, -0.25) is 9.78 Å². The summed E-state index contributed by atoms with van der Waals surface area (Å²) in [5.41, 5.74) is 3.38. The second-order valence-corrected chi connectivity index (χ2v) is 9.28. The molecule has 2 aliphatic rings. The van der Waals surface area contributed by atoms with Gasteiger partial charge < -0.3 is 24.0 Å². The molecule has 190 valence electrons. The van der Waals surface area contributed by atoms with Crippen LogP contribution in [0.15, 0.2) is 61.3 Å². The number of rotatable bonds is 5. The van der Waals surface area contributed by atoms with Crippen molar-refractivity contribution in [2.75, 3.05) is 62.3 Å². The lowest BCUT2D eigenvalue weighted by atomic mass is 10.0. The van der Waals surface area contributed by atoms with E-state index < -0.39 is 0 Å². The van der Waals surface area contributed by atoms with Crippen molar-refractivity contribution in [3.05, 3.63) is 67.1 Å². The topological polar surface area (TPSA) is 79.6 Å². The fraction of sp³-hybridized carbons (Fsp3) is 0.333. The van der Waals surface area contributed by atoms with Crippen LogP contribution in [0.1, 0.15) is 0 Å². The predicted molar refractivity (Wildman–Crippen MR) is 139 cm³/mol. The Morgan fingerprint density at radius 3 is 2.49 bits per heavy atom. The highest BCUT2D eigenvalue weighted by molar-refractivity contribution is 5.83. The molecule has 9 nitrogen and oxygen atoms in total. The molecule has 2 aliphatic heterocycles. The van der Waals surface area contributed by atoms with Crippen LogP contribution in [0.5, 0.6) is 0 Å². The Hall–Kier alpha value is -4.05. The second kappa shape index (κ2) is 10.1. The van der Waals surface area contributed by atoms with E-state index in [4.69, 9.17) is 4.74 Å². The lowest BCUT2D eigenvalue weighted by Crippen LogP contribution is -2.49. The van der Waals surface area contributed by atoms with E-state index in [0.717, 1.165) is 40.8 Å². The minimum atomic E-state index is -0.307. The number of amides is 1. The molecule has 0 aliphatic carbocycles. The van der Waals surface area contributed by atoms with Crippen LogP contribution in [-0.2, 0) is 16.1 Å². The highest BCUT2D eigenvalue weighted by Gasteiger charge is 2.24. The highest BCUT2D eigenvalue weighted by Crippen LogP contribution is 2.32. The summed E-state index contributed by atoms with van der Waals surface area (Å²) < 4.78 is 21.6. The Kier molecular flexibility index (Phi) is 6.40. The van der Waals surface area contributed by atoms with Gasteiger partial charge in [-0.25, -0.2) is 14.4 Å². The molecule has 10 heteroatoms. The number of hydrogen-bond donors (Lipinski definition) is 0. The molecule has 0 spiro atoms. The fourth-order valence-corrected chi connectivity index (χ4v) is 5.01. The monoisotopic (exact) mass is 501 g/mol. The van der Waals surface area contributed by atoms with Crippen LogP contribution >= 0.6 is 0 Å². The molecule has 0 bridgehead atoms. The van der Waals surface area contributed by atoms with Crippen molar-refractivity contribution in [3.63, 3.8) is 0 Å². The molecule has 5 heterocycles. The number of aromatic nitrogens is 4. The number of anilines is 2. The minimum Gasteiger partial charge on any atom is -0.378 e. The van der Waals surface area contributed by atoms with Crippen molar-refractivity contribution in [2.45, 2.75) is 6.54 Å². The van der Waals surface area contributed by atoms with Crippen LogP contribution in [-0.4, -0.2) is 82.8 Å². The molecule has 2 fully saturated rings. The maximum atomic E-state index is 14.3. The van der Waals surface area contributed by atoms with Gasteiger partial charge in [-0.05, 0) is 30.3 Å². The van der Waals surface area contributed by atoms with E-state index in [9.17, 15) is 9.18 Å². The van der Waals surface area contributed by atoms with Gasteiger partial charge in [-0.1, -0.05) is 0 Å². The number of fused-ring (bicyclic) bond motifs is 1. The highest BCUT2D eigenvalue weighted by atomic mass is 19.1. The number of piperazine rings is 1. The quantitative estimate of drug-likeness (QED) is 0.416. The molecule has 0 N–H and O–H groups in total. The Bertz CT molecular complexity index is 1390. The summed E-state index contributed by atoms with van der Waals surface area (Å²) >= 11 is 0. The van der Waals surface area contributed by atoms with E-state index >= 15 is 0 Å². The summed E-state index contributed by atoms with van der Waals surface area (Å²) in [5, 5.41) is 1.07. The average molecular weight is 502 g/mol. The Morgan fingerprint density at radius 1 is 0.919 bits per heavy atom. The first-order valence-corrected chi connectivity index (χ1v) is 12.5. The van der Waals surface area contributed by atoms with E-state index in [1.165, 1.54) is 12.1 Å². The van der Waals surface area contributed by atoms with Crippen molar-refractivity contribution < 1.29 is 13.9 Å². The first kappa shape index (κ1) is 23.4. The smallest absolute Gasteiger partial charge is 0.242 e. The van der Waals surface area contributed by atoms with Crippen molar-refractivity contribution in [1.82, 2.24) is 24.4 Å². The van der Waals surface area contributed by atoms with Gasteiger partial charge in [0.2, 0.25) is 11.9 Å². The lowest BCUT2D eigenvalue weighted by molar-refractivity contribution is -0.132. The van der Waals surface area contributed by atoms with E-state index in [2.05, 4.69) is 24.8 Å². The molecule has 2 saturated heterocycles. The van der Waals surface area contributed by atoms with Gasteiger partial charge in [-0.2, -0.15) is 0 Å². The third kappa shape index (κ3) is 4.84. The summed E-state index contributed by atoms with van der Waals surface area (Å²) in [5.74, 6) is 0.425. The van der Waals surface area contributed by atoms with Gasteiger partial charge in [0.25, 0.3) is 0 Å². The normalized spacial score (nSPS) is 16.4. The number of morpholine rings is 1. The lowest BCUT2D eigenvalue weighted by Gasteiger charge is -2.37. The third-order valence-corrected chi connectivity index (χ3v) is 7.06. The molecular formula is C27H28FN7O2. The number of ether oxygens (including phenoxy) is 1. The zero-order valence-corrected chi connectivity index (χ0v) is 20.5. The second-order valence-electron chi connectivity index (χ2n) is 9.28. The SMILES string of the molecule is O=C(Cn1ccc2ccncc21)N1CCN(c2ccc(F)cc2-c2cnc(N3CCOCC3)nc2)CC1. The zero-order valence-electron chi connectivity index (χ0n) is 20.5. The van der Waals surface area contributed by atoms with Crippen molar-refractivity contribution in [1.29, 1.82) is 0 Å². The third-order valence-electron chi connectivity index (χ3n) is 7.06. The minimum absolute atomic E-state index is 0.0763. The first-order valence-electron chi connectivity index (χ1n) is 12.5. The molecule has 3 aromatic heterocycles.